The quantitative estimate of drug-likeness (QED) is 0.672. The number of hydrogen-bond donors (Lipinski definition) is 3. The van der Waals surface area contributed by atoms with Crippen molar-refractivity contribution in [2.45, 2.75) is 31.2 Å². The predicted octanol–water partition coefficient (Wildman–Crippen LogP) is -0.358. The Hall–Kier alpha value is -0.980. The summed E-state index contributed by atoms with van der Waals surface area (Å²) in [7, 11) is 0. The monoisotopic (exact) mass is 240 g/mol. The van der Waals surface area contributed by atoms with Crippen molar-refractivity contribution in [2.24, 2.45) is 0 Å². The average molecular weight is 240 g/mol. The van der Waals surface area contributed by atoms with Crippen LogP contribution in [0.1, 0.15) is 5.56 Å². The van der Waals surface area contributed by atoms with Gasteiger partial charge in [-0.05, 0) is 5.56 Å². The molecule has 17 heavy (non-hydrogen) atoms. The fourth-order valence-corrected chi connectivity index (χ4v) is 1.70. The lowest BCUT2D eigenvalue weighted by molar-refractivity contribution is -0.261. The van der Waals surface area contributed by atoms with Crippen LogP contribution in [0.5, 0.6) is 0 Å². The molecule has 0 aromatic heterocycles. The van der Waals surface area contributed by atoms with E-state index in [0.29, 0.717) is 6.61 Å². The third-order valence-electron chi connectivity index (χ3n) is 2.76. The van der Waals surface area contributed by atoms with E-state index >= 15 is 0 Å². The van der Waals surface area contributed by atoms with Crippen molar-refractivity contribution >= 4 is 0 Å². The van der Waals surface area contributed by atoms with Crippen LogP contribution in [0.25, 0.3) is 0 Å². The second-order valence-electron chi connectivity index (χ2n) is 4.04. The molecule has 1 aromatic carbocycles. The average Bonchev–Trinajstić information content (AvgIpc) is 2.36. The first-order valence-corrected chi connectivity index (χ1v) is 5.50. The molecule has 94 valence electrons. The van der Waals surface area contributed by atoms with Crippen molar-refractivity contribution in [3.63, 3.8) is 0 Å². The number of benzene rings is 1. The van der Waals surface area contributed by atoms with Gasteiger partial charge in [-0.1, -0.05) is 30.3 Å². The molecule has 2 rings (SSSR count). The normalized spacial score (nSPS) is 33.6. The molecule has 0 bridgehead atoms. The highest BCUT2D eigenvalue weighted by atomic mass is 16.6. The Kier molecular flexibility index (Phi) is 4.09. The standard InChI is InChI=1S/C12H16O5/c13-10-9(7-17-12(15)11(10)14)16-6-8-4-2-1-3-5-8/h1-5,9-15H,6-7H2/t9-,10+,11-,12?/m1/s1. The van der Waals surface area contributed by atoms with E-state index in [2.05, 4.69) is 0 Å². The minimum absolute atomic E-state index is 0.0617. The van der Waals surface area contributed by atoms with E-state index in [1.54, 1.807) is 0 Å². The van der Waals surface area contributed by atoms with Crippen molar-refractivity contribution in [3.05, 3.63) is 35.9 Å². The minimum atomic E-state index is -1.35. The Bertz CT molecular complexity index is 342. The highest BCUT2D eigenvalue weighted by molar-refractivity contribution is 5.13. The molecular weight excluding hydrogens is 224 g/mol. The molecule has 5 nitrogen and oxygen atoms in total. The lowest BCUT2D eigenvalue weighted by atomic mass is 10.1. The van der Waals surface area contributed by atoms with E-state index in [1.165, 1.54) is 0 Å². The third-order valence-corrected chi connectivity index (χ3v) is 2.76. The Morgan fingerprint density at radius 3 is 2.53 bits per heavy atom. The molecule has 1 aliphatic rings. The van der Waals surface area contributed by atoms with Crippen LogP contribution in [-0.2, 0) is 16.1 Å². The maximum Gasteiger partial charge on any atom is 0.183 e. The maximum atomic E-state index is 9.67. The number of hydrogen-bond acceptors (Lipinski definition) is 5. The maximum absolute atomic E-state index is 9.67. The van der Waals surface area contributed by atoms with E-state index < -0.39 is 24.6 Å². The fraction of sp³-hybridized carbons (Fsp3) is 0.500. The second kappa shape index (κ2) is 5.57. The van der Waals surface area contributed by atoms with E-state index in [9.17, 15) is 10.2 Å². The Labute approximate surface area is 99.2 Å². The molecule has 0 spiro atoms. The molecule has 4 atom stereocenters. The van der Waals surface area contributed by atoms with Crippen LogP contribution in [0.2, 0.25) is 0 Å². The predicted molar refractivity (Wildman–Crippen MR) is 59.0 cm³/mol. The summed E-state index contributed by atoms with van der Waals surface area (Å²) in [4.78, 5) is 0. The van der Waals surface area contributed by atoms with Gasteiger partial charge in [-0.3, -0.25) is 0 Å². The Balaban J connectivity index is 1.87. The zero-order chi connectivity index (χ0) is 12.3. The van der Waals surface area contributed by atoms with Gasteiger partial charge in [0.25, 0.3) is 0 Å². The molecule has 1 aromatic rings. The summed E-state index contributed by atoms with van der Waals surface area (Å²) in [6.45, 7) is 0.390. The van der Waals surface area contributed by atoms with Crippen LogP contribution >= 0.6 is 0 Å². The van der Waals surface area contributed by atoms with E-state index in [4.69, 9.17) is 14.6 Å². The van der Waals surface area contributed by atoms with Crippen LogP contribution < -0.4 is 0 Å². The number of rotatable bonds is 3. The summed E-state index contributed by atoms with van der Waals surface area (Å²) < 4.78 is 10.3. The lowest BCUT2D eigenvalue weighted by Gasteiger charge is -2.34. The Morgan fingerprint density at radius 1 is 1.12 bits per heavy atom. The molecule has 5 heteroatoms. The van der Waals surface area contributed by atoms with Gasteiger partial charge < -0.3 is 24.8 Å². The first-order valence-electron chi connectivity index (χ1n) is 5.50. The molecule has 0 radical (unpaired) electrons. The van der Waals surface area contributed by atoms with Gasteiger partial charge in [0.2, 0.25) is 0 Å². The van der Waals surface area contributed by atoms with Gasteiger partial charge in [-0.15, -0.1) is 0 Å². The topological polar surface area (TPSA) is 79.2 Å². The molecule has 0 amide bonds. The summed E-state index contributed by atoms with van der Waals surface area (Å²) in [5.74, 6) is 0. The molecule has 0 aliphatic carbocycles. The molecule has 1 fully saturated rings. The largest absolute Gasteiger partial charge is 0.387 e. The third kappa shape index (κ3) is 3.02. The molecule has 1 heterocycles. The van der Waals surface area contributed by atoms with Gasteiger partial charge in [0.15, 0.2) is 6.29 Å². The molecular formula is C12H16O5. The summed E-state index contributed by atoms with van der Waals surface area (Å²) in [6, 6.07) is 9.50. The second-order valence-corrected chi connectivity index (χ2v) is 4.04. The van der Waals surface area contributed by atoms with E-state index in [-0.39, 0.29) is 6.61 Å². The van der Waals surface area contributed by atoms with Crippen LogP contribution in [0.15, 0.2) is 30.3 Å². The van der Waals surface area contributed by atoms with Gasteiger partial charge in [0.05, 0.1) is 13.2 Å². The van der Waals surface area contributed by atoms with Crippen molar-refractivity contribution in [3.8, 4) is 0 Å². The molecule has 0 saturated carbocycles. The van der Waals surface area contributed by atoms with Gasteiger partial charge in [0.1, 0.15) is 18.3 Å². The first-order chi connectivity index (χ1) is 8.18. The van der Waals surface area contributed by atoms with Crippen LogP contribution in [-0.4, -0.2) is 46.5 Å². The van der Waals surface area contributed by atoms with Gasteiger partial charge in [-0.2, -0.15) is 0 Å². The van der Waals surface area contributed by atoms with E-state index in [1.807, 2.05) is 30.3 Å². The van der Waals surface area contributed by atoms with Crippen LogP contribution in [0.4, 0.5) is 0 Å². The van der Waals surface area contributed by atoms with Crippen molar-refractivity contribution in [1.82, 2.24) is 0 Å². The SMILES string of the molecule is OC1OC[C@@H](OCc2ccccc2)[C@H](O)[C@H]1O. The van der Waals surface area contributed by atoms with Gasteiger partial charge in [0, 0.05) is 0 Å². The summed E-state index contributed by atoms with van der Waals surface area (Å²) in [5, 5.41) is 28.2. The molecule has 1 aliphatic heterocycles. The number of ether oxygens (including phenoxy) is 2. The Morgan fingerprint density at radius 2 is 1.82 bits per heavy atom. The van der Waals surface area contributed by atoms with Crippen LogP contribution in [0.3, 0.4) is 0 Å². The summed E-state index contributed by atoms with van der Waals surface area (Å²) >= 11 is 0. The first kappa shape index (κ1) is 12.5. The van der Waals surface area contributed by atoms with Crippen molar-refractivity contribution in [2.75, 3.05) is 6.61 Å². The summed E-state index contributed by atoms with van der Waals surface area (Å²) in [6.07, 6.45) is -4.44. The molecule has 1 unspecified atom stereocenters. The van der Waals surface area contributed by atoms with Gasteiger partial charge >= 0.3 is 0 Å². The number of aliphatic hydroxyl groups excluding tert-OH is 3. The summed E-state index contributed by atoms with van der Waals surface area (Å²) in [5.41, 5.74) is 0.973. The fourth-order valence-electron chi connectivity index (χ4n) is 1.70. The smallest absolute Gasteiger partial charge is 0.183 e. The van der Waals surface area contributed by atoms with Crippen LogP contribution in [0, 0.1) is 0 Å². The van der Waals surface area contributed by atoms with Crippen molar-refractivity contribution in [1.29, 1.82) is 0 Å². The van der Waals surface area contributed by atoms with E-state index in [0.717, 1.165) is 5.56 Å². The molecule has 1 saturated heterocycles. The minimum Gasteiger partial charge on any atom is -0.387 e. The zero-order valence-electron chi connectivity index (χ0n) is 9.27. The highest BCUT2D eigenvalue weighted by Gasteiger charge is 2.38. The molecule has 3 N–H and O–H groups in total. The van der Waals surface area contributed by atoms with Crippen molar-refractivity contribution < 1.29 is 24.8 Å². The zero-order valence-corrected chi connectivity index (χ0v) is 9.27. The highest BCUT2D eigenvalue weighted by Crippen LogP contribution is 2.17. The number of aliphatic hydroxyl groups is 3. The van der Waals surface area contributed by atoms with Gasteiger partial charge in [-0.25, -0.2) is 0 Å². The lowest BCUT2D eigenvalue weighted by Crippen LogP contribution is -2.53.